The highest BCUT2D eigenvalue weighted by Gasteiger charge is 2.44. The number of nitrogens with zero attached hydrogens (tertiary/aromatic N) is 1. The Kier molecular flexibility index (Phi) is 6.32. The quantitative estimate of drug-likeness (QED) is 0.524. The Bertz CT molecular complexity index is 996. The van der Waals surface area contributed by atoms with Gasteiger partial charge in [-0.15, -0.1) is 0 Å². The predicted molar refractivity (Wildman–Crippen MR) is 121 cm³/mol. The largest absolute Gasteiger partial charge is 0.376 e. The lowest BCUT2D eigenvalue weighted by Crippen LogP contribution is -2.43. The van der Waals surface area contributed by atoms with E-state index in [4.69, 9.17) is 0 Å². The minimum atomic E-state index is -0.597. The fourth-order valence-corrected chi connectivity index (χ4v) is 4.57. The Hall–Kier alpha value is -3.13. The molecule has 7 nitrogen and oxygen atoms in total. The maximum atomic E-state index is 14.1. The number of likely N-dealkylation sites (tertiary alicyclic amines) is 1. The van der Waals surface area contributed by atoms with E-state index in [2.05, 4.69) is 35.3 Å². The molecule has 1 unspecified atom stereocenters. The van der Waals surface area contributed by atoms with Gasteiger partial charge in [0.1, 0.15) is 11.9 Å². The van der Waals surface area contributed by atoms with E-state index in [1.54, 1.807) is 23.4 Å². The average Bonchev–Trinajstić information content (AvgIpc) is 3.46. The number of carbonyl (C=O) groups is 2. The summed E-state index contributed by atoms with van der Waals surface area (Å²) in [5, 5.41) is 5.91. The molecular formula is C24H30FN5O2. The monoisotopic (exact) mass is 439 g/mol. The molecule has 1 atom stereocenters. The van der Waals surface area contributed by atoms with E-state index in [0.29, 0.717) is 18.7 Å². The van der Waals surface area contributed by atoms with Crippen molar-refractivity contribution in [3.63, 3.8) is 0 Å². The van der Waals surface area contributed by atoms with Crippen LogP contribution in [0, 0.1) is 11.2 Å². The third-order valence-corrected chi connectivity index (χ3v) is 6.75. The van der Waals surface area contributed by atoms with Gasteiger partial charge in [0.15, 0.2) is 0 Å². The van der Waals surface area contributed by atoms with Crippen molar-refractivity contribution in [2.45, 2.75) is 45.7 Å². The molecule has 4 N–H and O–H groups in total. The summed E-state index contributed by atoms with van der Waals surface area (Å²) in [7, 11) is 0. The molecule has 2 amide bonds. The highest BCUT2D eigenvalue weighted by atomic mass is 19.1. The van der Waals surface area contributed by atoms with Gasteiger partial charge in [-0.05, 0) is 72.5 Å². The minimum Gasteiger partial charge on any atom is -0.376 e. The number of nitrogens with one attached hydrogen (secondary N) is 4. The maximum absolute atomic E-state index is 14.1. The van der Waals surface area contributed by atoms with Crippen LogP contribution in [0.3, 0.4) is 0 Å². The SMILES string of the molecule is CCC1(CC)CCN(C2=CC(C(=O)NCc3cc(F)cc(C4=CNNC4)c3)NC=C2)C1=O. The van der Waals surface area contributed by atoms with Gasteiger partial charge < -0.3 is 21.0 Å². The summed E-state index contributed by atoms with van der Waals surface area (Å²) in [6.07, 6.45) is 9.58. The first kappa shape index (κ1) is 22.1. The third-order valence-electron chi connectivity index (χ3n) is 6.75. The van der Waals surface area contributed by atoms with Gasteiger partial charge in [-0.25, -0.2) is 9.82 Å². The smallest absolute Gasteiger partial charge is 0.246 e. The number of hydrogen-bond donors (Lipinski definition) is 4. The Balaban J connectivity index is 1.42. The fourth-order valence-electron chi connectivity index (χ4n) is 4.57. The first-order valence-electron chi connectivity index (χ1n) is 11.2. The van der Waals surface area contributed by atoms with E-state index < -0.39 is 6.04 Å². The van der Waals surface area contributed by atoms with Crippen LogP contribution in [0.4, 0.5) is 4.39 Å². The lowest BCUT2D eigenvalue weighted by atomic mass is 9.81. The van der Waals surface area contributed by atoms with Gasteiger partial charge in [0.05, 0.1) is 5.41 Å². The number of halogens is 1. The van der Waals surface area contributed by atoms with Gasteiger partial charge in [-0.3, -0.25) is 9.59 Å². The molecule has 3 heterocycles. The minimum absolute atomic E-state index is 0.136. The molecule has 1 fully saturated rings. The number of carbonyl (C=O) groups excluding carboxylic acids is 2. The lowest BCUT2D eigenvalue weighted by molar-refractivity contribution is -0.134. The molecule has 0 aliphatic carbocycles. The number of allylic oxidation sites excluding steroid dienone is 1. The molecule has 0 bridgehead atoms. The molecule has 1 aromatic rings. The molecule has 0 spiro atoms. The third kappa shape index (κ3) is 4.27. The number of hydrazine groups is 1. The summed E-state index contributed by atoms with van der Waals surface area (Å²) in [6, 6.07) is 4.18. The van der Waals surface area contributed by atoms with Gasteiger partial charge in [0, 0.05) is 31.5 Å². The molecule has 0 saturated carbocycles. The van der Waals surface area contributed by atoms with Gasteiger partial charge >= 0.3 is 0 Å². The maximum Gasteiger partial charge on any atom is 0.246 e. The van der Waals surface area contributed by atoms with Crippen molar-refractivity contribution in [2.75, 3.05) is 13.1 Å². The summed E-state index contributed by atoms with van der Waals surface area (Å²) in [5.74, 6) is -0.440. The second-order valence-electron chi connectivity index (χ2n) is 8.50. The van der Waals surface area contributed by atoms with Crippen molar-refractivity contribution in [3.8, 4) is 0 Å². The topological polar surface area (TPSA) is 85.5 Å². The molecule has 8 heteroatoms. The van der Waals surface area contributed by atoms with Crippen molar-refractivity contribution >= 4 is 17.4 Å². The van der Waals surface area contributed by atoms with Gasteiger partial charge in [-0.2, -0.15) is 0 Å². The van der Waals surface area contributed by atoms with E-state index >= 15 is 0 Å². The van der Waals surface area contributed by atoms with Crippen molar-refractivity contribution in [1.82, 2.24) is 26.4 Å². The van der Waals surface area contributed by atoms with Crippen LogP contribution in [-0.4, -0.2) is 35.8 Å². The van der Waals surface area contributed by atoms with Gasteiger partial charge in [0.25, 0.3) is 0 Å². The fraction of sp³-hybridized carbons (Fsp3) is 0.417. The average molecular weight is 440 g/mol. The molecular weight excluding hydrogens is 409 g/mol. The van der Waals surface area contributed by atoms with Crippen LogP contribution in [0.5, 0.6) is 0 Å². The van der Waals surface area contributed by atoms with Crippen molar-refractivity contribution in [2.24, 2.45) is 5.41 Å². The first-order valence-corrected chi connectivity index (χ1v) is 11.2. The van der Waals surface area contributed by atoms with E-state index in [-0.39, 0.29) is 29.6 Å². The van der Waals surface area contributed by atoms with E-state index in [1.807, 2.05) is 12.1 Å². The number of benzene rings is 1. The Morgan fingerprint density at radius 3 is 2.78 bits per heavy atom. The van der Waals surface area contributed by atoms with Crippen LogP contribution < -0.4 is 21.5 Å². The second kappa shape index (κ2) is 9.16. The molecule has 3 aliphatic heterocycles. The number of dihydropyridines is 1. The summed E-state index contributed by atoms with van der Waals surface area (Å²) in [4.78, 5) is 27.6. The number of rotatable bonds is 7. The number of hydrogen-bond acceptors (Lipinski definition) is 5. The Morgan fingerprint density at radius 2 is 2.09 bits per heavy atom. The zero-order valence-electron chi connectivity index (χ0n) is 18.5. The number of amides is 2. The Labute approximate surface area is 187 Å². The first-order chi connectivity index (χ1) is 15.5. The zero-order chi connectivity index (χ0) is 22.7. The molecule has 1 saturated heterocycles. The van der Waals surface area contributed by atoms with Gasteiger partial charge in [0.2, 0.25) is 11.8 Å². The molecule has 32 heavy (non-hydrogen) atoms. The molecule has 170 valence electrons. The zero-order valence-corrected chi connectivity index (χ0v) is 18.5. The van der Waals surface area contributed by atoms with Crippen LogP contribution >= 0.6 is 0 Å². The van der Waals surface area contributed by atoms with Crippen LogP contribution in [0.25, 0.3) is 5.57 Å². The van der Waals surface area contributed by atoms with Crippen molar-refractivity contribution in [1.29, 1.82) is 0 Å². The molecule has 0 aromatic heterocycles. The van der Waals surface area contributed by atoms with Gasteiger partial charge in [-0.1, -0.05) is 13.8 Å². The second-order valence-corrected chi connectivity index (χ2v) is 8.50. The summed E-state index contributed by atoms with van der Waals surface area (Å²) in [6.45, 7) is 5.59. The molecule has 0 radical (unpaired) electrons. The molecule has 4 rings (SSSR count). The lowest BCUT2D eigenvalue weighted by Gasteiger charge is -2.27. The van der Waals surface area contributed by atoms with Crippen LogP contribution in [0.15, 0.2) is 48.4 Å². The highest BCUT2D eigenvalue weighted by molar-refractivity contribution is 5.88. The molecule has 3 aliphatic rings. The van der Waals surface area contributed by atoms with Crippen molar-refractivity contribution < 1.29 is 14.0 Å². The van der Waals surface area contributed by atoms with E-state index in [0.717, 1.165) is 36.1 Å². The summed E-state index contributed by atoms with van der Waals surface area (Å²) < 4.78 is 14.1. The summed E-state index contributed by atoms with van der Waals surface area (Å²) in [5.41, 5.74) is 8.71. The van der Waals surface area contributed by atoms with Crippen LogP contribution in [-0.2, 0) is 16.1 Å². The summed E-state index contributed by atoms with van der Waals surface area (Å²) >= 11 is 0. The Morgan fingerprint density at radius 1 is 1.28 bits per heavy atom. The standard InChI is InChI=1S/C24H30FN5O2/c1-3-24(4-2)6-8-30(23(24)32)20-5-7-26-21(12-20)22(31)27-13-16-9-17(11-19(25)10-16)18-14-28-29-15-18/h5,7,9-12,14,21,26,28-29H,3-4,6,8,13,15H2,1-2H3,(H,27,31). The van der Waals surface area contributed by atoms with E-state index in [9.17, 15) is 14.0 Å². The molecule has 1 aromatic carbocycles. The van der Waals surface area contributed by atoms with E-state index in [1.165, 1.54) is 12.1 Å². The van der Waals surface area contributed by atoms with Crippen LogP contribution in [0.1, 0.15) is 44.2 Å². The normalized spacial score (nSPS) is 21.7. The predicted octanol–water partition coefficient (Wildman–Crippen LogP) is 2.30. The van der Waals surface area contributed by atoms with Crippen molar-refractivity contribution in [3.05, 3.63) is 65.4 Å². The van der Waals surface area contributed by atoms with Crippen LogP contribution in [0.2, 0.25) is 0 Å². The highest BCUT2D eigenvalue weighted by Crippen LogP contribution is 2.40.